The molecule has 1 aliphatic rings. The molecule has 1 unspecified atom stereocenters. The number of aromatic nitrogens is 1. The predicted molar refractivity (Wildman–Crippen MR) is 125 cm³/mol. The van der Waals surface area contributed by atoms with Crippen molar-refractivity contribution < 1.29 is 27.9 Å². The fourth-order valence-corrected chi connectivity index (χ4v) is 3.31. The highest BCUT2D eigenvalue weighted by atomic mass is 19.3. The van der Waals surface area contributed by atoms with Gasteiger partial charge >= 0.3 is 0 Å². The number of pyridine rings is 1. The van der Waals surface area contributed by atoms with Crippen LogP contribution >= 0.6 is 0 Å². The third-order valence-electron chi connectivity index (χ3n) is 5.25. The summed E-state index contributed by atoms with van der Waals surface area (Å²) < 4.78 is 30.9. The van der Waals surface area contributed by atoms with Crippen molar-refractivity contribution in [2.45, 2.75) is 46.2 Å². The summed E-state index contributed by atoms with van der Waals surface area (Å²) >= 11 is 0. The van der Waals surface area contributed by atoms with Crippen LogP contribution in [0.2, 0.25) is 0 Å². The molecule has 2 heterocycles. The number of Topliss-reactive ketones (excluding diaryl/α,β-unsaturated/α-hetero) is 1. The normalized spacial score (nSPS) is 15.4. The number of ether oxygens (including phenoxy) is 1. The van der Waals surface area contributed by atoms with Crippen LogP contribution in [-0.2, 0) is 16.1 Å². The lowest BCUT2D eigenvalue weighted by Gasteiger charge is -2.25. The molecule has 6 N–H and O–H groups in total. The lowest BCUT2D eigenvalue weighted by Crippen LogP contribution is -2.37. The van der Waals surface area contributed by atoms with Gasteiger partial charge in [-0.25, -0.2) is 8.78 Å². The van der Waals surface area contributed by atoms with Gasteiger partial charge in [0.2, 0.25) is 0 Å². The Bertz CT molecular complexity index is 1040. The van der Waals surface area contributed by atoms with Crippen molar-refractivity contribution in [1.82, 2.24) is 20.5 Å². The molecule has 1 aromatic heterocycles. The molecule has 2 amide bonds. The van der Waals surface area contributed by atoms with E-state index in [1.54, 1.807) is 13.8 Å². The number of allylic oxidation sites excluding steroid dienone is 2. The molecule has 1 aromatic rings. The molecule has 0 bridgehead atoms. The minimum Gasteiger partial charge on any atom is -0.473 e. The Labute approximate surface area is 202 Å². The van der Waals surface area contributed by atoms with Crippen LogP contribution in [0.1, 0.15) is 54.1 Å². The Balaban J connectivity index is 2.10. The second-order valence-electron chi connectivity index (χ2n) is 8.48. The van der Waals surface area contributed by atoms with E-state index in [1.807, 2.05) is 0 Å². The molecule has 0 saturated carbocycles. The summed E-state index contributed by atoms with van der Waals surface area (Å²) in [5, 5.41) is 5.61. The number of fused-ring (bicyclic) bond motifs is 1. The maximum absolute atomic E-state index is 13.0. The Kier molecular flexibility index (Phi) is 9.29. The number of carbonyl (C=O) groups excluding carboxylic acids is 3. The van der Waals surface area contributed by atoms with Gasteiger partial charge in [0.15, 0.2) is 12.5 Å². The number of nitrogens with one attached hydrogen (secondary N) is 2. The molecule has 0 aliphatic carbocycles. The minimum absolute atomic E-state index is 0.0108. The first-order valence-electron chi connectivity index (χ1n) is 11.0. The molecule has 1 aliphatic heterocycles. The van der Waals surface area contributed by atoms with Crippen LogP contribution in [0.3, 0.4) is 0 Å². The van der Waals surface area contributed by atoms with Crippen molar-refractivity contribution in [3.05, 3.63) is 52.3 Å². The largest absolute Gasteiger partial charge is 0.473 e. The summed E-state index contributed by atoms with van der Waals surface area (Å²) in [5.41, 5.74) is 13.4. The van der Waals surface area contributed by atoms with Gasteiger partial charge in [0.25, 0.3) is 17.7 Å². The molecular weight excluding hydrogens is 462 g/mol. The van der Waals surface area contributed by atoms with E-state index in [0.29, 0.717) is 30.2 Å². The van der Waals surface area contributed by atoms with E-state index in [0.717, 1.165) is 0 Å². The lowest BCUT2D eigenvalue weighted by atomic mass is 10.1. The van der Waals surface area contributed by atoms with E-state index in [2.05, 4.69) is 15.6 Å². The third-order valence-corrected chi connectivity index (χ3v) is 5.25. The summed E-state index contributed by atoms with van der Waals surface area (Å²) in [6.07, 6.45) is 2.85. The fraction of sp³-hybridized carbons (Fsp3) is 0.478. The summed E-state index contributed by atoms with van der Waals surface area (Å²) in [7, 11) is 0. The first-order chi connectivity index (χ1) is 16.3. The minimum atomic E-state index is -3.04. The fourth-order valence-electron chi connectivity index (χ4n) is 3.31. The molecule has 192 valence electrons. The highest BCUT2D eigenvalue weighted by molar-refractivity contribution is 6.03. The number of amides is 2. The average Bonchev–Trinajstić information content (AvgIpc) is 3.12. The first-order valence-corrected chi connectivity index (χ1v) is 11.0. The molecule has 35 heavy (non-hydrogen) atoms. The summed E-state index contributed by atoms with van der Waals surface area (Å²) in [6.45, 7) is 5.57. The SMILES string of the molecule is CC(=O)CNCCNC(=O)c1nccc2c1CN(C(C)/C(N)=C/C(C)=C(\N)OCC(C)(F)F)C2=O. The molecule has 0 aromatic carbocycles. The summed E-state index contributed by atoms with van der Waals surface area (Å²) in [4.78, 5) is 42.2. The molecular formula is C23H32F2N6O4. The number of nitrogens with zero attached hydrogens (tertiary/aromatic N) is 2. The zero-order valence-corrected chi connectivity index (χ0v) is 20.3. The zero-order chi connectivity index (χ0) is 26.3. The molecule has 2 rings (SSSR count). The van der Waals surface area contributed by atoms with Crippen LogP contribution in [0, 0.1) is 0 Å². The van der Waals surface area contributed by atoms with Crippen LogP contribution < -0.4 is 22.1 Å². The van der Waals surface area contributed by atoms with Gasteiger partial charge in [-0.2, -0.15) is 0 Å². The standard InChI is InChI=1S/C23H32F2N6O4/c1-13(20(27)35-12-23(4,24)25)9-18(26)15(3)31-11-17-16(22(31)34)5-6-29-19(17)21(33)30-8-7-28-10-14(2)32/h5-6,9,15,28H,7-8,10-12,26-27H2,1-4H3,(H,30,33)/b18-9-,20-13+. The second kappa shape index (κ2) is 11.7. The Hall–Kier alpha value is -3.54. The van der Waals surface area contributed by atoms with E-state index < -0.39 is 24.5 Å². The van der Waals surface area contributed by atoms with Crippen LogP contribution in [-0.4, -0.2) is 65.7 Å². The molecule has 0 fully saturated rings. The first kappa shape index (κ1) is 27.7. The van der Waals surface area contributed by atoms with E-state index in [1.165, 1.54) is 30.2 Å². The number of alkyl halides is 2. The number of rotatable bonds is 12. The molecule has 0 spiro atoms. The Morgan fingerprint density at radius 3 is 2.63 bits per heavy atom. The quantitative estimate of drug-likeness (QED) is 0.191. The third kappa shape index (κ3) is 7.74. The highest BCUT2D eigenvalue weighted by Gasteiger charge is 2.35. The van der Waals surface area contributed by atoms with E-state index in [9.17, 15) is 23.2 Å². The number of hydrogen-bond acceptors (Lipinski definition) is 8. The van der Waals surface area contributed by atoms with Gasteiger partial charge in [0.1, 0.15) is 11.5 Å². The van der Waals surface area contributed by atoms with Crippen molar-refractivity contribution in [2.75, 3.05) is 26.2 Å². The van der Waals surface area contributed by atoms with Crippen molar-refractivity contribution in [2.24, 2.45) is 11.5 Å². The van der Waals surface area contributed by atoms with Crippen molar-refractivity contribution in [1.29, 1.82) is 0 Å². The maximum Gasteiger partial charge on any atom is 0.278 e. The van der Waals surface area contributed by atoms with Gasteiger partial charge in [0, 0.05) is 55.2 Å². The van der Waals surface area contributed by atoms with Crippen molar-refractivity contribution in [3.8, 4) is 0 Å². The number of carbonyl (C=O) groups is 3. The van der Waals surface area contributed by atoms with Crippen LogP contribution in [0.5, 0.6) is 0 Å². The molecule has 12 heteroatoms. The van der Waals surface area contributed by atoms with Crippen LogP contribution in [0.15, 0.2) is 35.5 Å². The summed E-state index contributed by atoms with van der Waals surface area (Å²) in [6, 6.07) is 0.953. The van der Waals surface area contributed by atoms with E-state index in [-0.39, 0.29) is 48.6 Å². The summed E-state index contributed by atoms with van der Waals surface area (Å²) in [5.74, 6) is -4.00. The molecule has 10 nitrogen and oxygen atoms in total. The maximum atomic E-state index is 13.0. The van der Waals surface area contributed by atoms with Gasteiger partial charge in [-0.1, -0.05) is 0 Å². The molecule has 1 atom stereocenters. The number of nitrogens with two attached hydrogens (primary N) is 2. The van der Waals surface area contributed by atoms with Gasteiger partial charge in [0.05, 0.1) is 12.6 Å². The van der Waals surface area contributed by atoms with Gasteiger partial charge in [-0.05, 0) is 32.9 Å². The lowest BCUT2D eigenvalue weighted by molar-refractivity contribution is -0.116. The van der Waals surface area contributed by atoms with Crippen LogP contribution in [0.4, 0.5) is 8.78 Å². The second-order valence-corrected chi connectivity index (χ2v) is 8.48. The van der Waals surface area contributed by atoms with Crippen LogP contribution in [0.25, 0.3) is 0 Å². The average molecular weight is 495 g/mol. The molecule has 0 radical (unpaired) electrons. The van der Waals surface area contributed by atoms with Crippen molar-refractivity contribution in [3.63, 3.8) is 0 Å². The highest BCUT2D eigenvalue weighted by Crippen LogP contribution is 2.28. The Morgan fingerprint density at radius 1 is 1.31 bits per heavy atom. The molecule has 0 saturated heterocycles. The Morgan fingerprint density at radius 2 is 2.00 bits per heavy atom. The smallest absolute Gasteiger partial charge is 0.278 e. The number of hydrogen-bond donors (Lipinski definition) is 4. The number of ketones is 1. The van der Waals surface area contributed by atoms with Gasteiger partial charge in [-0.15, -0.1) is 0 Å². The van der Waals surface area contributed by atoms with Gasteiger partial charge < -0.3 is 31.7 Å². The predicted octanol–water partition coefficient (Wildman–Crippen LogP) is 1.04. The van der Waals surface area contributed by atoms with E-state index in [4.69, 9.17) is 16.2 Å². The van der Waals surface area contributed by atoms with E-state index >= 15 is 0 Å². The van der Waals surface area contributed by atoms with Gasteiger partial charge in [-0.3, -0.25) is 19.4 Å². The monoisotopic (exact) mass is 494 g/mol. The topological polar surface area (TPSA) is 153 Å². The van der Waals surface area contributed by atoms with Crippen molar-refractivity contribution >= 4 is 17.6 Å². The zero-order valence-electron chi connectivity index (χ0n) is 20.3. The number of halogens is 2.